The summed E-state index contributed by atoms with van der Waals surface area (Å²) < 4.78 is 31.5. The highest BCUT2D eigenvalue weighted by Gasteiger charge is 2.20. The molecule has 3 aromatic rings. The number of hydrogen-bond acceptors (Lipinski definition) is 5. The number of nitrogens with zero attached hydrogens (tertiary/aromatic N) is 1. The van der Waals surface area contributed by atoms with Crippen LogP contribution < -0.4 is 9.47 Å². The Morgan fingerprint density at radius 3 is 2.61 bits per heavy atom. The molecular weight excluding hydrogens is 401 g/mol. The van der Waals surface area contributed by atoms with Gasteiger partial charge in [0.2, 0.25) is 0 Å². The van der Waals surface area contributed by atoms with Crippen molar-refractivity contribution < 1.29 is 28.5 Å². The zero-order valence-corrected chi connectivity index (χ0v) is 17.8. The molecule has 0 spiro atoms. The van der Waals surface area contributed by atoms with Gasteiger partial charge in [-0.2, -0.15) is 0 Å². The fraction of sp³-hybridized carbons (Fsp3) is 0.333. The minimum atomic E-state index is -1.02. The summed E-state index contributed by atoms with van der Waals surface area (Å²) in [5.41, 5.74) is 1.62. The summed E-state index contributed by atoms with van der Waals surface area (Å²) >= 11 is 0. The van der Waals surface area contributed by atoms with Gasteiger partial charge in [0.1, 0.15) is 29.4 Å². The van der Waals surface area contributed by atoms with Gasteiger partial charge in [-0.1, -0.05) is 24.3 Å². The lowest BCUT2D eigenvalue weighted by molar-refractivity contribution is -0.149. The van der Waals surface area contributed by atoms with Crippen LogP contribution in [-0.4, -0.2) is 34.9 Å². The summed E-state index contributed by atoms with van der Waals surface area (Å²) in [6.07, 6.45) is 0.643. The van der Waals surface area contributed by atoms with Crippen molar-refractivity contribution in [2.45, 2.75) is 46.0 Å². The first-order valence-electron chi connectivity index (χ1n) is 10.2. The monoisotopic (exact) mass is 427 g/mol. The van der Waals surface area contributed by atoms with E-state index in [1.165, 1.54) is 6.07 Å². The number of hydrogen-bond donors (Lipinski definition) is 1. The third kappa shape index (κ3) is 5.49. The van der Waals surface area contributed by atoms with Crippen molar-refractivity contribution in [2.24, 2.45) is 0 Å². The van der Waals surface area contributed by atoms with Gasteiger partial charge >= 0.3 is 5.97 Å². The molecule has 2 aromatic carbocycles. The fourth-order valence-electron chi connectivity index (χ4n) is 3.27. The molecule has 0 aliphatic carbocycles. The molecular formula is C24H26FNO5. The maximum Gasteiger partial charge on any atom is 0.333 e. The summed E-state index contributed by atoms with van der Waals surface area (Å²) in [4.78, 5) is 15.7. The SMILES string of the molecule is CCOC(Cc1ccccc1OCc1cnc2c(F)cccc2c1OC(C)C)C(=O)O. The topological polar surface area (TPSA) is 77.9 Å². The average Bonchev–Trinajstić information content (AvgIpc) is 2.73. The summed E-state index contributed by atoms with van der Waals surface area (Å²) in [5.74, 6) is -0.373. The molecule has 31 heavy (non-hydrogen) atoms. The first-order chi connectivity index (χ1) is 14.9. The number of para-hydroxylation sites is 2. The normalized spacial score (nSPS) is 12.2. The van der Waals surface area contributed by atoms with Crippen LogP contribution in [0.25, 0.3) is 10.9 Å². The molecule has 7 heteroatoms. The van der Waals surface area contributed by atoms with Crippen molar-refractivity contribution in [3.05, 3.63) is 65.6 Å². The van der Waals surface area contributed by atoms with Gasteiger partial charge in [0, 0.05) is 24.6 Å². The van der Waals surface area contributed by atoms with E-state index in [1.807, 2.05) is 32.0 Å². The van der Waals surface area contributed by atoms with Gasteiger partial charge < -0.3 is 19.3 Å². The van der Waals surface area contributed by atoms with Crippen LogP contribution in [0.5, 0.6) is 11.5 Å². The minimum absolute atomic E-state index is 0.123. The maximum atomic E-state index is 14.2. The maximum absolute atomic E-state index is 14.2. The number of carboxylic acids is 1. The Morgan fingerprint density at radius 2 is 1.90 bits per heavy atom. The second-order valence-electron chi connectivity index (χ2n) is 7.30. The number of ether oxygens (including phenoxy) is 3. The van der Waals surface area contributed by atoms with Crippen molar-refractivity contribution in [1.82, 2.24) is 4.98 Å². The number of pyridine rings is 1. The Hall–Kier alpha value is -3.19. The summed E-state index contributed by atoms with van der Waals surface area (Å²) in [6.45, 7) is 5.97. The first kappa shape index (κ1) is 22.5. The Morgan fingerprint density at radius 1 is 1.13 bits per heavy atom. The number of carboxylic acid groups (broad SMARTS) is 1. The highest BCUT2D eigenvalue weighted by Crippen LogP contribution is 2.32. The van der Waals surface area contributed by atoms with Crippen LogP contribution in [0.1, 0.15) is 31.9 Å². The van der Waals surface area contributed by atoms with E-state index in [-0.39, 0.29) is 24.6 Å². The Bertz CT molecular complexity index is 1050. The average molecular weight is 427 g/mol. The van der Waals surface area contributed by atoms with Gasteiger partial charge in [0.15, 0.2) is 6.10 Å². The molecule has 0 saturated carbocycles. The molecule has 3 rings (SSSR count). The molecule has 1 heterocycles. The summed E-state index contributed by atoms with van der Waals surface area (Å²) in [6, 6.07) is 12.0. The Kier molecular flexibility index (Phi) is 7.41. The lowest BCUT2D eigenvalue weighted by Crippen LogP contribution is -2.26. The van der Waals surface area contributed by atoms with E-state index in [9.17, 15) is 14.3 Å². The zero-order chi connectivity index (χ0) is 22.4. The van der Waals surface area contributed by atoms with Crippen molar-refractivity contribution in [3.8, 4) is 11.5 Å². The highest BCUT2D eigenvalue weighted by molar-refractivity contribution is 5.86. The molecule has 1 unspecified atom stereocenters. The highest BCUT2D eigenvalue weighted by atomic mass is 19.1. The second kappa shape index (κ2) is 10.2. The van der Waals surface area contributed by atoms with E-state index in [1.54, 1.807) is 31.3 Å². The van der Waals surface area contributed by atoms with Crippen molar-refractivity contribution in [3.63, 3.8) is 0 Å². The minimum Gasteiger partial charge on any atom is -0.490 e. The van der Waals surface area contributed by atoms with E-state index >= 15 is 0 Å². The largest absolute Gasteiger partial charge is 0.490 e. The molecule has 1 N–H and O–H groups in total. The van der Waals surface area contributed by atoms with Crippen LogP contribution >= 0.6 is 0 Å². The van der Waals surface area contributed by atoms with Gasteiger partial charge in [-0.15, -0.1) is 0 Å². The molecule has 1 aromatic heterocycles. The molecule has 6 nitrogen and oxygen atoms in total. The van der Waals surface area contributed by atoms with Gasteiger partial charge in [0.25, 0.3) is 0 Å². The molecule has 0 aliphatic heterocycles. The summed E-state index contributed by atoms with van der Waals surface area (Å²) in [7, 11) is 0. The molecule has 164 valence electrons. The molecule has 1 atom stereocenters. The number of carbonyl (C=O) groups is 1. The van der Waals surface area contributed by atoms with E-state index in [2.05, 4.69) is 4.98 Å². The number of aromatic nitrogens is 1. The van der Waals surface area contributed by atoms with Crippen LogP contribution in [-0.2, 0) is 22.6 Å². The van der Waals surface area contributed by atoms with E-state index < -0.39 is 17.9 Å². The van der Waals surface area contributed by atoms with E-state index in [0.29, 0.717) is 29.1 Å². The van der Waals surface area contributed by atoms with Crippen LogP contribution in [0.15, 0.2) is 48.7 Å². The van der Waals surface area contributed by atoms with Gasteiger partial charge in [-0.05, 0) is 44.5 Å². The lowest BCUT2D eigenvalue weighted by atomic mass is 10.1. The first-order valence-corrected chi connectivity index (χ1v) is 10.2. The number of halogens is 1. The molecule has 0 bridgehead atoms. The van der Waals surface area contributed by atoms with Crippen LogP contribution in [0.4, 0.5) is 4.39 Å². The molecule has 0 saturated heterocycles. The Labute approximate surface area is 180 Å². The van der Waals surface area contributed by atoms with Crippen LogP contribution in [0, 0.1) is 5.82 Å². The third-order valence-electron chi connectivity index (χ3n) is 4.63. The standard InChI is InChI=1S/C24H26FNO5/c1-4-29-21(24(27)28)12-16-8-5-6-11-20(16)30-14-17-13-26-22-18(9-7-10-19(22)25)23(17)31-15(2)3/h5-11,13,15,21H,4,12,14H2,1-3H3,(H,27,28). The molecule has 0 radical (unpaired) electrons. The number of aliphatic carboxylic acids is 1. The van der Waals surface area contributed by atoms with Crippen molar-refractivity contribution >= 4 is 16.9 Å². The van der Waals surface area contributed by atoms with Gasteiger partial charge in [-0.25, -0.2) is 9.18 Å². The quantitative estimate of drug-likeness (QED) is 0.502. The second-order valence-corrected chi connectivity index (χ2v) is 7.30. The fourth-order valence-corrected chi connectivity index (χ4v) is 3.27. The van der Waals surface area contributed by atoms with Crippen molar-refractivity contribution in [1.29, 1.82) is 0 Å². The zero-order valence-electron chi connectivity index (χ0n) is 17.8. The molecule has 0 aliphatic rings. The third-order valence-corrected chi connectivity index (χ3v) is 4.63. The van der Waals surface area contributed by atoms with Gasteiger partial charge in [0.05, 0.1) is 11.7 Å². The van der Waals surface area contributed by atoms with Crippen LogP contribution in [0.2, 0.25) is 0 Å². The van der Waals surface area contributed by atoms with Crippen LogP contribution in [0.3, 0.4) is 0 Å². The number of benzene rings is 2. The van der Waals surface area contributed by atoms with E-state index in [0.717, 1.165) is 5.56 Å². The number of fused-ring (bicyclic) bond motifs is 1. The smallest absolute Gasteiger partial charge is 0.333 e. The summed E-state index contributed by atoms with van der Waals surface area (Å²) in [5, 5.41) is 9.96. The predicted octanol–water partition coefficient (Wildman–Crippen LogP) is 4.77. The molecule has 0 fully saturated rings. The predicted molar refractivity (Wildman–Crippen MR) is 115 cm³/mol. The lowest BCUT2D eigenvalue weighted by Gasteiger charge is -2.19. The molecule has 0 amide bonds. The van der Waals surface area contributed by atoms with Gasteiger partial charge in [-0.3, -0.25) is 4.98 Å². The number of rotatable bonds is 10. The van der Waals surface area contributed by atoms with E-state index in [4.69, 9.17) is 14.2 Å². The Balaban J connectivity index is 1.89. The van der Waals surface area contributed by atoms with Crippen molar-refractivity contribution in [2.75, 3.05) is 6.61 Å².